The van der Waals surface area contributed by atoms with Gasteiger partial charge in [-0.2, -0.15) is 0 Å². The van der Waals surface area contributed by atoms with Crippen molar-refractivity contribution in [2.24, 2.45) is 0 Å². The third-order valence-corrected chi connectivity index (χ3v) is 8.40. The fourth-order valence-electron chi connectivity index (χ4n) is 3.74. The van der Waals surface area contributed by atoms with E-state index < -0.39 is 49.8 Å². The second-order valence-electron chi connectivity index (χ2n) is 7.83. The molecule has 2 aliphatic heterocycles. The van der Waals surface area contributed by atoms with Crippen LogP contribution in [0, 0.1) is 0 Å². The number of benzene rings is 1. The molecule has 10 nitrogen and oxygen atoms in total. The molecule has 2 heterocycles. The molecule has 2 fully saturated rings. The van der Waals surface area contributed by atoms with Crippen LogP contribution in [-0.4, -0.2) is 67.5 Å². The van der Waals surface area contributed by atoms with E-state index in [9.17, 15) is 22.8 Å². The average molecular weight is 439 g/mol. The number of β-lactam (4-membered cyclic amide) rings is 1. The van der Waals surface area contributed by atoms with Crippen LogP contribution in [0.1, 0.15) is 27.2 Å². The van der Waals surface area contributed by atoms with Gasteiger partial charge in [0.05, 0.1) is 25.4 Å². The molecule has 164 valence electrons. The minimum Gasteiger partial charge on any atom is -0.497 e. The number of fused-ring (bicyclic) bond motifs is 1. The van der Waals surface area contributed by atoms with Gasteiger partial charge in [-0.1, -0.05) is 0 Å². The first-order chi connectivity index (χ1) is 13.9. The second kappa shape index (κ2) is 7.46. The lowest BCUT2D eigenvalue weighted by molar-refractivity contribution is -0.150. The van der Waals surface area contributed by atoms with Crippen LogP contribution in [0.25, 0.3) is 0 Å². The standard InChI is InChI=1S/C19H25N3O7S/c1-10(17(24)21-11-6-12(28-4)8-13(7-11)29-5)20-18(25)16-19(2,3)30(26,27)15-9-14(23)22(15)16/h6-8,10,15-16H,9H2,1-5H3,(H,20,25)(H,21,24). The molecule has 0 bridgehead atoms. The van der Waals surface area contributed by atoms with E-state index in [1.807, 2.05) is 0 Å². The Balaban J connectivity index is 1.73. The van der Waals surface area contributed by atoms with Crippen LogP contribution < -0.4 is 20.1 Å². The van der Waals surface area contributed by atoms with Crippen molar-refractivity contribution in [2.45, 2.75) is 49.4 Å². The van der Waals surface area contributed by atoms with Crippen molar-refractivity contribution in [3.63, 3.8) is 0 Å². The molecule has 2 aliphatic rings. The van der Waals surface area contributed by atoms with Gasteiger partial charge in [0.25, 0.3) is 0 Å². The zero-order chi connectivity index (χ0) is 22.4. The monoisotopic (exact) mass is 439 g/mol. The molecule has 2 saturated heterocycles. The van der Waals surface area contributed by atoms with E-state index in [1.165, 1.54) is 35.0 Å². The largest absolute Gasteiger partial charge is 0.497 e. The molecule has 0 spiro atoms. The lowest BCUT2D eigenvalue weighted by Crippen LogP contribution is -2.61. The smallest absolute Gasteiger partial charge is 0.246 e. The van der Waals surface area contributed by atoms with Crippen LogP contribution in [0.3, 0.4) is 0 Å². The SMILES string of the molecule is COc1cc(NC(=O)C(C)NC(=O)C2N3C(=O)CC3S(=O)(=O)C2(C)C)cc(OC)c1. The summed E-state index contributed by atoms with van der Waals surface area (Å²) in [4.78, 5) is 38.5. The Bertz CT molecular complexity index is 983. The first kappa shape index (κ1) is 21.9. The Morgan fingerprint density at radius 2 is 1.73 bits per heavy atom. The Morgan fingerprint density at radius 1 is 1.17 bits per heavy atom. The lowest BCUT2D eigenvalue weighted by atomic mass is 9.97. The summed E-state index contributed by atoms with van der Waals surface area (Å²) in [5, 5.41) is 4.20. The van der Waals surface area contributed by atoms with E-state index in [-0.39, 0.29) is 6.42 Å². The van der Waals surface area contributed by atoms with Crippen LogP contribution in [0.4, 0.5) is 5.69 Å². The number of amides is 3. The molecule has 3 amide bonds. The minimum atomic E-state index is -3.70. The third-order valence-electron chi connectivity index (χ3n) is 5.60. The Labute approximate surface area is 174 Å². The summed E-state index contributed by atoms with van der Waals surface area (Å²) in [6.45, 7) is 4.31. The van der Waals surface area contributed by atoms with Crippen molar-refractivity contribution < 1.29 is 32.3 Å². The van der Waals surface area contributed by atoms with Crippen molar-refractivity contribution in [3.8, 4) is 11.5 Å². The van der Waals surface area contributed by atoms with Gasteiger partial charge in [-0.3, -0.25) is 14.4 Å². The highest BCUT2D eigenvalue weighted by Crippen LogP contribution is 2.45. The number of ether oxygens (including phenoxy) is 2. The van der Waals surface area contributed by atoms with Gasteiger partial charge in [-0.15, -0.1) is 0 Å². The number of sulfone groups is 1. The van der Waals surface area contributed by atoms with E-state index in [2.05, 4.69) is 10.6 Å². The van der Waals surface area contributed by atoms with E-state index in [1.54, 1.807) is 18.2 Å². The van der Waals surface area contributed by atoms with Crippen LogP contribution >= 0.6 is 0 Å². The van der Waals surface area contributed by atoms with Crippen LogP contribution in [-0.2, 0) is 24.2 Å². The zero-order valence-electron chi connectivity index (χ0n) is 17.4. The van der Waals surface area contributed by atoms with Crippen molar-refractivity contribution >= 4 is 33.2 Å². The van der Waals surface area contributed by atoms with Crippen molar-refractivity contribution in [3.05, 3.63) is 18.2 Å². The fraction of sp³-hybridized carbons (Fsp3) is 0.526. The summed E-state index contributed by atoms with van der Waals surface area (Å²) >= 11 is 0. The summed E-state index contributed by atoms with van der Waals surface area (Å²) in [5.41, 5.74) is 0.402. The molecule has 0 saturated carbocycles. The normalized spacial score (nSPS) is 24.3. The fourth-order valence-corrected chi connectivity index (χ4v) is 5.88. The van der Waals surface area contributed by atoms with E-state index in [4.69, 9.17) is 9.47 Å². The quantitative estimate of drug-likeness (QED) is 0.609. The molecule has 0 aliphatic carbocycles. The van der Waals surface area contributed by atoms with Gasteiger partial charge in [-0.05, 0) is 20.8 Å². The maximum absolute atomic E-state index is 12.9. The first-order valence-electron chi connectivity index (χ1n) is 9.33. The van der Waals surface area contributed by atoms with Crippen molar-refractivity contribution in [2.75, 3.05) is 19.5 Å². The second-order valence-corrected chi connectivity index (χ2v) is 10.5. The van der Waals surface area contributed by atoms with Gasteiger partial charge in [0.15, 0.2) is 9.84 Å². The zero-order valence-corrected chi connectivity index (χ0v) is 18.2. The number of nitrogens with zero attached hydrogens (tertiary/aromatic N) is 1. The molecule has 0 radical (unpaired) electrons. The Kier molecular flexibility index (Phi) is 5.44. The molecule has 3 atom stereocenters. The van der Waals surface area contributed by atoms with E-state index in [0.29, 0.717) is 17.2 Å². The van der Waals surface area contributed by atoms with Crippen molar-refractivity contribution in [1.29, 1.82) is 0 Å². The number of rotatable bonds is 6. The molecule has 1 aromatic rings. The number of nitrogens with one attached hydrogen (secondary N) is 2. The number of hydrogen-bond donors (Lipinski definition) is 2. The minimum absolute atomic E-state index is 0.122. The summed E-state index contributed by atoms with van der Waals surface area (Å²) < 4.78 is 34.1. The molecular formula is C19H25N3O7S. The molecule has 0 aromatic heterocycles. The molecule has 1 aromatic carbocycles. The van der Waals surface area contributed by atoms with Crippen LogP contribution in [0.2, 0.25) is 0 Å². The van der Waals surface area contributed by atoms with E-state index in [0.717, 1.165) is 4.90 Å². The lowest BCUT2D eigenvalue weighted by Gasteiger charge is -2.37. The molecule has 30 heavy (non-hydrogen) atoms. The topological polar surface area (TPSA) is 131 Å². The number of carbonyl (C=O) groups excluding carboxylic acids is 3. The van der Waals surface area contributed by atoms with Gasteiger partial charge in [0.1, 0.15) is 29.0 Å². The molecule has 3 unspecified atom stereocenters. The highest BCUT2D eigenvalue weighted by molar-refractivity contribution is 7.93. The van der Waals surface area contributed by atoms with Gasteiger partial charge < -0.3 is 25.0 Å². The van der Waals surface area contributed by atoms with Gasteiger partial charge >= 0.3 is 0 Å². The maximum atomic E-state index is 12.9. The first-order valence-corrected chi connectivity index (χ1v) is 10.9. The predicted molar refractivity (Wildman–Crippen MR) is 108 cm³/mol. The van der Waals surface area contributed by atoms with Crippen LogP contribution in [0.15, 0.2) is 18.2 Å². The molecule has 2 N–H and O–H groups in total. The van der Waals surface area contributed by atoms with Crippen molar-refractivity contribution in [1.82, 2.24) is 10.2 Å². The summed E-state index contributed by atoms with van der Waals surface area (Å²) in [6, 6.07) is 2.64. The third kappa shape index (κ3) is 3.36. The number of hydrogen-bond acceptors (Lipinski definition) is 7. The molecular weight excluding hydrogens is 414 g/mol. The molecule has 3 rings (SSSR count). The Morgan fingerprint density at radius 3 is 2.23 bits per heavy atom. The van der Waals surface area contributed by atoms with Crippen LogP contribution in [0.5, 0.6) is 11.5 Å². The van der Waals surface area contributed by atoms with E-state index >= 15 is 0 Å². The van der Waals surface area contributed by atoms with Gasteiger partial charge in [-0.25, -0.2) is 8.42 Å². The van der Waals surface area contributed by atoms with Gasteiger partial charge in [0, 0.05) is 23.9 Å². The highest BCUT2D eigenvalue weighted by atomic mass is 32.2. The molecule has 11 heteroatoms. The maximum Gasteiger partial charge on any atom is 0.246 e. The number of carbonyl (C=O) groups is 3. The van der Waals surface area contributed by atoms with Gasteiger partial charge in [0.2, 0.25) is 17.7 Å². The average Bonchev–Trinajstić information content (AvgIpc) is 2.80. The summed E-state index contributed by atoms with van der Waals surface area (Å²) in [5.74, 6) is -0.660. The number of anilines is 1. The number of methoxy groups -OCH3 is 2. The highest BCUT2D eigenvalue weighted by Gasteiger charge is 2.67. The predicted octanol–water partition coefficient (Wildman–Crippen LogP) is 0.281. The summed E-state index contributed by atoms with van der Waals surface area (Å²) in [7, 11) is -0.743. The summed E-state index contributed by atoms with van der Waals surface area (Å²) in [6.07, 6.45) is -0.122. The Hall–Kier alpha value is -2.82.